The van der Waals surface area contributed by atoms with Gasteiger partial charge in [-0.1, -0.05) is 105 Å². The number of nitrogens with one attached hydrogen (secondary N) is 3. The molecular formula is C38H51N3O5. The van der Waals surface area contributed by atoms with Gasteiger partial charge in [-0.2, -0.15) is 0 Å². The van der Waals surface area contributed by atoms with Gasteiger partial charge >= 0.3 is 6.09 Å². The van der Waals surface area contributed by atoms with Crippen molar-refractivity contribution in [2.24, 2.45) is 11.8 Å². The molecule has 0 aliphatic heterocycles. The van der Waals surface area contributed by atoms with Gasteiger partial charge in [-0.15, -0.1) is 0 Å². The molecule has 3 aromatic carbocycles. The largest absolute Gasteiger partial charge is 0.444 e. The Morgan fingerprint density at radius 2 is 1.24 bits per heavy atom. The third-order valence-corrected chi connectivity index (χ3v) is 7.58. The Balaban J connectivity index is 1.78. The fraction of sp³-hybridized carbons (Fsp3) is 0.447. The maximum atomic E-state index is 14.0. The molecule has 4 N–H and O–H groups in total. The molecule has 0 saturated carbocycles. The zero-order valence-corrected chi connectivity index (χ0v) is 27.9. The summed E-state index contributed by atoms with van der Waals surface area (Å²) in [5.41, 5.74) is 2.27. The highest BCUT2D eigenvalue weighted by molar-refractivity contribution is 5.88. The lowest BCUT2D eigenvalue weighted by Gasteiger charge is -2.30. The quantitative estimate of drug-likeness (QED) is 0.164. The molecule has 3 aromatic rings. The number of rotatable bonds is 16. The summed E-state index contributed by atoms with van der Waals surface area (Å²) in [6.45, 7) is 9.82. The van der Waals surface area contributed by atoms with Crippen LogP contribution in [0.3, 0.4) is 0 Å². The van der Waals surface area contributed by atoms with Crippen LogP contribution in [0.15, 0.2) is 91.0 Å². The topological polar surface area (TPSA) is 117 Å². The Kier molecular flexibility index (Phi) is 14.3. The van der Waals surface area contributed by atoms with Gasteiger partial charge in [0, 0.05) is 12.5 Å². The van der Waals surface area contributed by atoms with E-state index in [1.54, 1.807) is 20.8 Å². The Labute approximate surface area is 274 Å². The second kappa shape index (κ2) is 18.1. The zero-order valence-electron chi connectivity index (χ0n) is 27.9. The summed E-state index contributed by atoms with van der Waals surface area (Å²) >= 11 is 0. The van der Waals surface area contributed by atoms with E-state index in [0.717, 1.165) is 16.7 Å². The number of hydrogen-bond donors (Lipinski definition) is 4. The predicted molar refractivity (Wildman–Crippen MR) is 182 cm³/mol. The van der Waals surface area contributed by atoms with Crippen molar-refractivity contribution in [3.05, 3.63) is 108 Å². The normalized spacial score (nSPS) is 14.1. The van der Waals surface area contributed by atoms with E-state index >= 15 is 0 Å². The predicted octanol–water partition coefficient (Wildman–Crippen LogP) is 5.62. The molecule has 8 heteroatoms. The van der Waals surface area contributed by atoms with Crippen molar-refractivity contribution in [3.8, 4) is 0 Å². The Morgan fingerprint density at radius 3 is 1.76 bits per heavy atom. The molecule has 0 fully saturated rings. The Morgan fingerprint density at radius 1 is 0.717 bits per heavy atom. The van der Waals surface area contributed by atoms with Crippen molar-refractivity contribution < 1.29 is 24.2 Å². The zero-order chi connectivity index (χ0) is 33.5. The van der Waals surface area contributed by atoms with Gasteiger partial charge in [-0.25, -0.2) is 4.79 Å². The first-order valence-corrected chi connectivity index (χ1v) is 16.3. The lowest BCUT2D eigenvalue weighted by atomic mass is 9.88. The number of hydrogen-bond acceptors (Lipinski definition) is 5. The minimum Gasteiger partial charge on any atom is -0.444 e. The molecule has 0 aromatic heterocycles. The first kappa shape index (κ1) is 36.3. The van der Waals surface area contributed by atoms with Crippen molar-refractivity contribution in [2.45, 2.75) is 90.5 Å². The van der Waals surface area contributed by atoms with E-state index in [0.29, 0.717) is 32.2 Å². The summed E-state index contributed by atoms with van der Waals surface area (Å²) in [6.07, 6.45) is 0.221. The van der Waals surface area contributed by atoms with Gasteiger partial charge in [0.25, 0.3) is 0 Å². The molecule has 248 valence electrons. The molecule has 0 heterocycles. The molecule has 8 nitrogen and oxygen atoms in total. The average molecular weight is 630 g/mol. The molecule has 3 amide bonds. The van der Waals surface area contributed by atoms with E-state index in [9.17, 15) is 19.5 Å². The number of aliphatic hydroxyl groups is 1. The summed E-state index contributed by atoms with van der Waals surface area (Å²) < 4.78 is 5.50. The lowest BCUT2D eigenvalue weighted by molar-refractivity contribution is -0.132. The van der Waals surface area contributed by atoms with Crippen molar-refractivity contribution in [1.82, 2.24) is 16.0 Å². The molecule has 0 unspecified atom stereocenters. The monoisotopic (exact) mass is 629 g/mol. The molecule has 4 atom stereocenters. The Hall–Kier alpha value is -4.17. The number of carbonyl (C=O) groups excluding carboxylic acids is 3. The minimum atomic E-state index is -1.07. The van der Waals surface area contributed by atoms with E-state index in [2.05, 4.69) is 16.0 Å². The third-order valence-electron chi connectivity index (χ3n) is 7.58. The highest BCUT2D eigenvalue weighted by Crippen LogP contribution is 2.20. The molecule has 0 radical (unpaired) electrons. The molecular weight excluding hydrogens is 578 g/mol. The van der Waals surface area contributed by atoms with Crippen LogP contribution in [0.25, 0.3) is 0 Å². The number of benzene rings is 3. The molecule has 0 aliphatic rings. The van der Waals surface area contributed by atoms with Gasteiger partial charge < -0.3 is 25.8 Å². The van der Waals surface area contributed by atoms with Crippen LogP contribution < -0.4 is 16.0 Å². The Bertz CT molecular complexity index is 1340. The van der Waals surface area contributed by atoms with Crippen LogP contribution in [0.4, 0.5) is 4.79 Å². The van der Waals surface area contributed by atoms with Gasteiger partial charge in [0.05, 0.1) is 12.1 Å². The van der Waals surface area contributed by atoms with Crippen LogP contribution in [0.1, 0.15) is 64.2 Å². The standard InChI is InChI=1S/C38H51N3O5/c1-27(2)23-33(36(44)39-22-21-28-15-9-6-10-16-28)40-35(43)31(24-29-17-11-7-12-18-29)26-34(42)32(25-30-19-13-8-14-20-30)41-37(45)46-38(3,4)5/h6-20,27,31-34,42H,21-26H2,1-5H3,(H,39,44)(H,40,43)(H,41,45)/t31-,32-,33-,34-/m0/s1. The van der Waals surface area contributed by atoms with E-state index < -0.39 is 35.8 Å². The number of carbonyl (C=O) groups is 3. The summed E-state index contributed by atoms with van der Waals surface area (Å²) in [4.78, 5) is 40.1. The van der Waals surface area contributed by atoms with E-state index in [1.165, 1.54) is 0 Å². The summed E-state index contributed by atoms with van der Waals surface area (Å²) in [5, 5.41) is 20.4. The molecule has 3 rings (SSSR count). The van der Waals surface area contributed by atoms with Gasteiger partial charge in [-0.05, 0) is 75.5 Å². The molecule has 0 spiro atoms. The van der Waals surface area contributed by atoms with Crippen LogP contribution in [-0.4, -0.2) is 53.3 Å². The minimum absolute atomic E-state index is 0.0675. The van der Waals surface area contributed by atoms with E-state index in [1.807, 2.05) is 105 Å². The number of amides is 3. The SMILES string of the molecule is CC(C)C[C@H](NC(=O)[C@@H](Cc1ccccc1)C[C@H](O)[C@H](Cc1ccccc1)NC(=O)OC(C)(C)C)C(=O)NCCc1ccccc1. The second-order valence-electron chi connectivity index (χ2n) is 13.3. The van der Waals surface area contributed by atoms with Crippen LogP contribution in [0, 0.1) is 11.8 Å². The number of aliphatic hydroxyl groups excluding tert-OH is 1. The number of alkyl carbamates (subject to hydrolysis) is 1. The lowest BCUT2D eigenvalue weighted by Crippen LogP contribution is -2.51. The molecule has 0 saturated heterocycles. The van der Waals surface area contributed by atoms with Crippen molar-refractivity contribution in [3.63, 3.8) is 0 Å². The fourth-order valence-corrected chi connectivity index (χ4v) is 5.34. The molecule has 46 heavy (non-hydrogen) atoms. The van der Waals surface area contributed by atoms with E-state index in [-0.39, 0.29) is 24.2 Å². The van der Waals surface area contributed by atoms with E-state index in [4.69, 9.17) is 4.74 Å². The first-order chi connectivity index (χ1) is 21.9. The van der Waals surface area contributed by atoms with Crippen LogP contribution in [0.5, 0.6) is 0 Å². The maximum Gasteiger partial charge on any atom is 0.407 e. The van der Waals surface area contributed by atoms with Crippen molar-refractivity contribution in [2.75, 3.05) is 6.54 Å². The average Bonchev–Trinajstić information content (AvgIpc) is 3.00. The van der Waals surface area contributed by atoms with Gasteiger partial charge in [0.2, 0.25) is 11.8 Å². The van der Waals surface area contributed by atoms with Crippen LogP contribution in [0.2, 0.25) is 0 Å². The van der Waals surface area contributed by atoms with Gasteiger partial charge in [0.15, 0.2) is 0 Å². The highest BCUT2D eigenvalue weighted by Gasteiger charge is 2.32. The summed E-state index contributed by atoms with van der Waals surface area (Å²) in [5.74, 6) is -1.05. The smallest absolute Gasteiger partial charge is 0.407 e. The van der Waals surface area contributed by atoms with Crippen LogP contribution >= 0.6 is 0 Å². The highest BCUT2D eigenvalue weighted by atomic mass is 16.6. The fourth-order valence-electron chi connectivity index (χ4n) is 5.34. The molecule has 0 aliphatic carbocycles. The third kappa shape index (κ3) is 13.4. The first-order valence-electron chi connectivity index (χ1n) is 16.3. The number of ether oxygens (including phenoxy) is 1. The van der Waals surface area contributed by atoms with Gasteiger partial charge in [-0.3, -0.25) is 9.59 Å². The van der Waals surface area contributed by atoms with Crippen molar-refractivity contribution in [1.29, 1.82) is 0 Å². The van der Waals surface area contributed by atoms with Gasteiger partial charge in [0.1, 0.15) is 11.6 Å². The van der Waals surface area contributed by atoms with Crippen molar-refractivity contribution >= 4 is 17.9 Å². The molecule has 0 bridgehead atoms. The van der Waals surface area contributed by atoms with Crippen LogP contribution in [-0.2, 0) is 33.6 Å². The second-order valence-corrected chi connectivity index (χ2v) is 13.3. The summed E-state index contributed by atoms with van der Waals surface area (Å²) in [6, 6.07) is 27.6. The summed E-state index contributed by atoms with van der Waals surface area (Å²) in [7, 11) is 0. The maximum absolute atomic E-state index is 14.0.